The van der Waals surface area contributed by atoms with E-state index >= 15 is 0 Å². The highest BCUT2D eigenvalue weighted by atomic mass is 16.3. The summed E-state index contributed by atoms with van der Waals surface area (Å²) in [6, 6.07) is 11.1. The van der Waals surface area contributed by atoms with Crippen LogP contribution in [0.2, 0.25) is 0 Å². The number of aryl methyl sites for hydroxylation is 2. The van der Waals surface area contributed by atoms with Gasteiger partial charge in [-0.2, -0.15) is 0 Å². The van der Waals surface area contributed by atoms with Crippen LogP contribution < -0.4 is 16.0 Å². The van der Waals surface area contributed by atoms with Gasteiger partial charge < -0.3 is 15.7 Å². The summed E-state index contributed by atoms with van der Waals surface area (Å²) in [6.45, 7) is 15.4. The number of carbonyl (C=O) groups excluding carboxylic acids is 5. The second-order valence-corrected chi connectivity index (χ2v) is 18.5. The van der Waals surface area contributed by atoms with E-state index < -0.39 is 22.8 Å². The number of fused-ring (bicyclic) bond motifs is 6. The monoisotopic (exact) mass is 739 g/mol. The van der Waals surface area contributed by atoms with Crippen LogP contribution in [-0.2, 0) is 47.6 Å². The summed E-state index contributed by atoms with van der Waals surface area (Å²) in [6.07, 6.45) is 8.33. The molecule has 0 spiro atoms. The van der Waals surface area contributed by atoms with Gasteiger partial charge in [-0.1, -0.05) is 73.4 Å². The number of aromatic hydroxyl groups is 1. The van der Waals surface area contributed by atoms with E-state index in [1.165, 1.54) is 18.1 Å². The predicted molar refractivity (Wildman–Crippen MR) is 210 cm³/mol. The zero-order chi connectivity index (χ0) is 39.4. The number of imide groups is 1. The van der Waals surface area contributed by atoms with Gasteiger partial charge in [0.2, 0.25) is 23.6 Å². The lowest BCUT2D eigenvalue weighted by Gasteiger charge is -2.56. The highest BCUT2D eigenvalue weighted by molar-refractivity contribution is 6.01. The van der Waals surface area contributed by atoms with E-state index in [0.717, 1.165) is 68.9 Å². The molecule has 4 aliphatic carbocycles. The van der Waals surface area contributed by atoms with E-state index in [1.807, 2.05) is 45.9 Å². The van der Waals surface area contributed by atoms with Gasteiger partial charge in [-0.05, 0) is 126 Å². The van der Waals surface area contributed by atoms with E-state index in [2.05, 4.69) is 41.9 Å². The third-order valence-electron chi connectivity index (χ3n) is 14.6. The molecule has 8 atom stereocenters. The normalized spacial score (nSPS) is 31.1. The van der Waals surface area contributed by atoms with E-state index in [-0.39, 0.29) is 70.2 Å². The molecule has 4 amide bonds. The zero-order valence-electron chi connectivity index (χ0n) is 33.6. The van der Waals surface area contributed by atoms with Crippen LogP contribution >= 0.6 is 0 Å². The second kappa shape index (κ2) is 14.6. The molecule has 2 aromatic carbocycles. The van der Waals surface area contributed by atoms with Crippen LogP contribution in [0.25, 0.3) is 0 Å². The van der Waals surface area contributed by atoms with E-state index in [1.54, 1.807) is 13.0 Å². The molecule has 0 saturated heterocycles. The molecular weight excluding hydrogens is 679 g/mol. The Bertz CT molecular complexity index is 1850. The number of Topliss-reactive ketones (excluding diaryl/α,β-unsaturated/α-hetero) is 1. The lowest BCUT2D eigenvalue weighted by molar-refractivity contribution is -0.150. The number of anilines is 1. The average molecular weight is 740 g/mol. The molecule has 2 fully saturated rings. The van der Waals surface area contributed by atoms with Crippen molar-refractivity contribution in [2.75, 3.05) is 5.32 Å². The van der Waals surface area contributed by atoms with Crippen LogP contribution in [0, 0.1) is 34.5 Å². The van der Waals surface area contributed by atoms with Crippen LogP contribution in [0.4, 0.5) is 5.69 Å². The highest BCUT2D eigenvalue weighted by Gasteiger charge is 2.58. The molecule has 0 radical (unpaired) electrons. The molecule has 9 heteroatoms. The fraction of sp³-hybridized carbons (Fsp3) is 0.622. The van der Waals surface area contributed by atoms with Crippen LogP contribution in [0.15, 0.2) is 36.4 Å². The Hall–Kier alpha value is -4.01. The van der Waals surface area contributed by atoms with Crippen molar-refractivity contribution in [2.45, 2.75) is 143 Å². The van der Waals surface area contributed by atoms with Gasteiger partial charge in [0.25, 0.3) is 0 Å². The first-order valence-electron chi connectivity index (χ1n) is 20.3. The Kier molecular flexibility index (Phi) is 10.7. The third-order valence-corrected chi connectivity index (χ3v) is 14.6. The maximum absolute atomic E-state index is 14.6. The summed E-state index contributed by atoms with van der Waals surface area (Å²) in [4.78, 5) is 67.1. The predicted octanol–water partition coefficient (Wildman–Crippen LogP) is 7.45. The Morgan fingerprint density at radius 2 is 1.28 bits per heavy atom. The number of phenolic OH excluding ortho intramolecular Hbond substituents is 1. The molecule has 2 aromatic rings. The lowest BCUT2D eigenvalue weighted by atomic mass is 9.49. The summed E-state index contributed by atoms with van der Waals surface area (Å²) < 4.78 is 0. The number of rotatable bonds is 9. The first kappa shape index (κ1) is 39.7. The Balaban J connectivity index is 1.18. The number of hydrogen-bond donors (Lipinski definition) is 4. The summed E-state index contributed by atoms with van der Waals surface area (Å²) in [7, 11) is 0. The molecule has 2 saturated carbocycles. The number of hydrogen-bond acceptors (Lipinski definition) is 6. The van der Waals surface area contributed by atoms with Crippen molar-refractivity contribution >= 4 is 35.1 Å². The molecule has 54 heavy (non-hydrogen) atoms. The van der Waals surface area contributed by atoms with Gasteiger partial charge in [0, 0.05) is 24.9 Å². The van der Waals surface area contributed by atoms with Crippen LogP contribution in [0.5, 0.6) is 5.75 Å². The molecule has 0 heterocycles. The summed E-state index contributed by atoms with van der Waals surface area (Å²) in [5, 5.41) is 19.2. The zero-order valence-corrected chi connectivity index (χ0v) is 33.6. The minimum atomic E-state index is -0.755. The summed E-state index contributed by atoms with van der Waals surface area (Å²) in [5.74, 6) is -1.45. The van der Waals surface area contributed by atoms with Crippen molar-refractivity contribution in [2.24, 2.45) is 34.5 Å². The number of nitrogens with one attached hydrogen (secondary N) is 3. The van der Waals surface area contributed by atoms with Crippen LogP contribution in [-0.4, -0.2) is 40.6 Å². The molecular formula is C45H61N3O6. The molecule has 0 bridgehead atoms. The minimum absolute atomic E-state index is 0.00255. The van der Waals surface area contributed by atoms with E-state index in [9.17, 15) is 29.1 Å². The topological polar surface area (TPSA) is 142 Å². The molecule has 4 aliphatic rings. The second-order valence-electron chi connectivity index (χ2n) is 18.5. The summed E-state index contributed by atoms with van der Waals surface area (Å²) in [5.41, 5.74) is 3.31. The maximum Gasteiger partial charge on any atom is 0.232 e. The van der Waals surface area contributed by atoms with Gasteiger partial charge in [0.05, 0.1) is 16.9 Å². The molecule has 0 aromatic heterocycles. The first-order chi connectivity index (χ1) is 25.3. The van der Waals surface area contributed by atoms with Crippen LogP contribution in [0.1, 0.15) is 135 Å². The largest absolute Gasteiger partial charge is 0.508 e. The third kappa shape index (κ3) is 6.89. The maximum atomic E-state index is 14.6. The van der Waals surface area contributed by atoms with Crippen molar-refractivity contribution < 1.29 is 29.1 Å². The van der Waals surface area contributed by atoms with E-state index in [0.29, 0.717) is 12.1 Å². The number of phenols is 1. The standard InChI is InChI=1S/C45H61N3O6/c1-26(2)38(46-28(4)49)35(51)23-27(3)39(52)47-31-15-11-29-13-17-36-42(5,33(29)24-31)19-9-21-44(36,7)40(53)48-41(54)45(8)22-10-20-43(6)34-25-32(50)16-12-30(34)14-18-37(43)45/h11-12,15-16,24-27,36-38,50H,9-10,13-14,17-23H2,1-8H3,(H,46,49)(H,47,52)(H,48,53,54)/t27-,36-,37-,38+,42-,43-,44+,45+/m1/s1. The van der Waals surface area contributed by atoms with Crippen molar-refractivity contribution in [1.29, 1.82) is 0 Å². The Morgan fingerprint density at radius 1 is 0.759 bits per heavy atom. The highest BCUT2D eigenvalue weighted by Crippen LogP contribution is 2.59. The van der Waals surface area contributed by atoms with Gasteiger partial charge in [0.1, 0.15) is 5.75 Å². The van der Waals surface area contributed by atoms with Gasteiger partial charge in [0.15, 0.2) is 5.78 Å². The number of carbonyl (C=O) groups is 5. The van der Waals surface area contributed by atoms with Gasteiger partial charge >= 0.3 is 0 Å². The van der Waals surface area contributed by atoms with Gasteiger partial charge in [-0.15, -0.1) is 0 Å². The Labute approximate surface area is 321 Å². The summed E-state index contributed by atoms with van der Waals surface area (Å²) >= 11 is 0. The van der Waals surface area contributed by atoms with E-state index in [4.69, 9.17) is 0 Å². The molecule has 6 rings (SSSR count). The quantitative estimate of drug-likeness (QED) is 0.197. The van der Waals surface area contributed by atoms with Crippen molar-refractivity contribution in [3.63, 3.8) is 0 Å². The molecule has 292 valence electrons. The number of benzene rings is 2. The Morgan fingerprint density at radius 3 is 1.80 bits per heavy atom. The smallest absolute Gasteiger partial charge is 0.232 e. The fourth-order valence-electron chi connectivity index (χ4n) is 11.5. The molecule has 9 nitrogen and oxygen atoms in total. The van der Waals surface area contributed by atoms with Crippen LogP contribution in [0.3, 0.4) is 0 Å². The molecule has 4 N–H and O–H groups in total. The van der Waals surface area contributed by atoms with Gasteiger partial charge in [-0.3, -0.25) is 29.3 Å². The lowest BCUT2D eigenvalue weighted by Crippen LogP contribution is -2.60. The van der Waals surface area contributed by atoms with Crippen molar-refractivity contribution in [3.05, 3.63) is 58.7 Å². The van der Waals surface area contributed by atoms with Gasteiger partial charge in [-0.25, -0.2) is 0 Å². The minimum Gasteiger partial charge on any atom is -0.508 e. The number of ketones is 1. The fourth-order valence-corrected chi connectivity index (χ4v) is 11.5. The van der Waals surface area contributed by atoms with Crippen molar-refractivity contribution in [3.8, 4) is 5.75 Å². The average Bonchev–Trinajstić information content (AvgIpc) is 3.10. The number of amides is 4. The first-order valence-corrected chi connectivity index (χ1v) is 20.3. The van der Waals surface area contributed by atoms with Crippen molar-refractivity contribution in [1.82, 2.24) is 10.6 Å². The SMILES string of the molecule is CC(=O)N[C@H](C(=O)C[C@@H](C)C(=O)Nc1ccc2c(c1)[C@@]1(C)CCC[C@](C)(C(=O)NC(=O)[C@@]3(C)CCC[C@]4(C)c5cc(O)ccc5CC[C@@H]34)[C@@H]1CC2)C(C)C. The molecule has 0 aliphatic heterocycles. The molecule has 0 unspecified atom stereocenters.